The molecule has 1 amide bonds. The van der Waals surface area contributed by atoms with Crippen LogP contribution in [0.3, 0.4) is 0 Å². The molecule has 1 aliphatic heterocycles. The minimum atomic E-state index is -0.0971. The van der Waals surface area contributed by atoms with E-state index in [1.165, 1.54) is 0 Å². The Bertz CT molecular complexity index is 470. The van der Waals surface area contributed by atoms with Crippen molar-refractivity contribution in [2.45, 2.75) is 25.8 Å². The number of rotatable bonds is 2. The molecule has 0 radical (unpaired) electrons. The van der Waals surface area contributed by atoms with Gasteiger partial charge in [-0.15, -0.1) is 0 Å². The van der Waals surface area contributed by atoms with Gasteiger partial charge in [-0.3, -0.25) is 4.79 Å². The van der Waals surface area contributed by atoms with Crippen LogP contribution in [0.2, 0.25) is 0 Å². The Morgan fingerprint density at radius 2 is 2.41 bits per heavy atom. The third-order valence-corrected chi connectivity index (χ3v) is 3.00. The van der Waals surface area contributed by atoms with Gasteiger partial charge in [-0.05, 0) is 44.0 Å². The van der Waals surface area contributed by atoms with Gasteiger partial charge in [0, 0.05) is 5.69 Å². The van der Waals surface area contributed by atoms with E-state index in [9.17, 15) is 4.79 Å². The number of hydrogen-bond donors (Lipinski definition) is 2. The number of hydrogen-bond acceptors (Lipinski definition) is 3. The SMILES string of the molecule is Cc1ccc(C#N)cc1NC(=O)[C@@H]1CCCN1. The maximum absolute atomic E-state index is 11.9. The molecule has 1 saturated heterocycles. The first-order valence-corrected chi connectivity index (χ1v) is 5.75. The van der Waals surface area contributed by atoms with E-state index in [0.29, 0.717) is 5.56 Å². The number of nitriles is 1. The molecule has 1 aliphatic rings. The smallest absolute Gasteiger partial charge is 0.241 e. The van der Waals surface area contributed by atoms with Gasteiger partial charge < -0.3 is 10.6 Å². The summed E-state index contributed by atoms with van der Waals surface area (Å²) in [7, 11) is 0. The highest BCUT2D eigenvalue weighted by atomic mass is 16.2. The predicted octanol–water partition coefficient (Wildman–Crippen LogP) is 1.56. The van der Waals surface area contributed by atoms with Crippen LogP contribution in [-0.4, -0.2) is 18.5 Å². The Hall–Kier alpha value is -1.86. The molecule has 0 unspecified atom stereocenters. The van der Waals surface area contributed by atoms with Crippen LogP contribution in [0.4, 0.5) is 5.69 Å². The van der Waals surface area contributed by atoms with Crippen LogP contribution in [-0.2, 0) is 4.79 Å². The van der Waals surface area contributed by atoms with Crippen LogP contribution < -0.4 is 10.6 Å². The van der Waals surface area contributed by atoms with Crippen molar-refractivity contribution in [1.82, 2.24) is 5.32 Å². The van der Waals surface area contributed by atoms with E-state index in [-0.39, 0.29) is 11.9 Å². The Labute approximate surface area is 101 Å². The molecule has 1 heterocycles. The van der Waals surface area contributed by atoms with Crippen LogP contribution in [0.25, 0.3) is 0 Å². The molecular weight excluding hydrogens is 214 g/mol. The summed E-state index contributed by atoms with van der Waals surface area (Å²) in [5.74, 6) is -0.0133. The van der Waals surface area contributed by atoms with Gasteiger partial charge >= 0.3 is 0 Å². The predicted molar refractivity (Wildman–Crippen MR) is 65.5 cm³/mol. The molecule has 17 heavy (non-hydrogen) atoms. The van der Waals surface area contributed by atoms with Crippen molar-refractivity contribution in [3.63, 3.8) is 0 Å². The van der Waals surface area contributed by atoms with Crippen LogP contribution in [0.5, 0.6) is 0 Å². The van der Waals surface area contributed by atoms with Crippen molar-refractivity contribution in [1.29, 1.82) is 5.26 Å². The number of carbonyl (C=O) groups is 1. The van der Waals surface area contributed by atoms with Gasteiger partial charge in [-0.2, -0.15) is 5.26 Å². The van der Waals surface area contributed by atoms with Gasteiger partial charge in [0.25, 0.3) is 0 Å². The van der Waals surface area contributed by atoms with Crippen molar-refractivity contribution < 1.29 is 4.79 Å². The van der Waals surface area contributed by atoms with Gasteiger partial charge in [0.1, 0.15) is 0 Å². The zero-order valence-electron chi connectivity index (χ0n) is 9.79. The van der Waals surface area contributed by atoms with Gasteiger partial charge in [0.15, 0.2) is 0 Å². The molecule has 0 aromatic heterocycles. The zero-order valence-corrected chi connectivity index (χ0v) is 9.79. The van der Waals surface area contributed by atoms with Crippen molar-refractivity contribution in [2.24, 2.45) is 0 Å². The number of nitrogens with zero attached hydrogens (tertiary/aromatic N) is 1. The molecular formula is C13H15N3O. The summed E-state index contributed by atoms with van der Waals surface area (Å²) in [4.78, 5) is 11.9. The lowest BCUT2D eigenvalue weighted by atomic mass is 10.1. The molecule has 88 valence electrons. The molecule has 0 aliphatic carbocycles. The Balaban J connectivity index is 2.12. The molecule has 1 aromatic rings. The van der Waals surface area contributed by atoms with Crippen molar-refractivity contribution in [3.05, 3.63) is 29.3 Å². The summed E-state index contributed by atoms with van der Waals surface area (Å²) in [6.45, 7) is 2.81. The number of nitrogens with one attached hydrogen (secondary N) is 2. The van der Waals surface area contributed by atoms with E-state index in [4.69, 9.17) is 5.26 Å². The number of benzene rings is 1. The molecule has 4 nitrogen and oxygen atoms in total. The molecule has 0 bridgehead atoms. The standard InChI is InChI=1S/C13H15N3O/c1-9-4-5-10(8-14)7-12(9)16-13(17)11-3-2-6-15-11/h4-5,7,11,15H,2-3,6H2,1H3,(H,16,17)/t11-/m0/s1. The number of aryl methyl sites for hydroxylation is 1. The van der Waals surface area contributed by atoms with E-state index in [2.05, 4.69) is 16.7 Å². The largest absolute Gasteiger partial charge is 0.324 e. The van der Waals surface area contributed by atoms with Crippen LogP contribution in [0, 0.1) is 18.3 Å². The van der Waals surface area contributed by atoms with E-state index >= 15 is 0 Å². The maximum atomic E-state index is 11.9. The minimum absolute atomic E-state index is 0.0133. The highest BCUT2D eigenvalue weighted by Crippen LogP contribution is 2.17. The second-order valence-corrected chi connectivity index (χ2v) is 4.28. The quantitative estimate of drug-likeness (QED) is 0.808. The summed E-state index contributed by atoms with van der Waals surface area (Å²) >= 11 is 0. The Morgan fingerprint density at radius 1 is 1.59 bits per heavy atom. The number of amides is 1. The monoisotopic (exact) mass is 229 g/mol. The van der Waals surface area contributed by atoms with Crippen LogP contribution in [0.15, 0.2) is 18.2 Å². The fourth-order valence-electron chi connectivity index (χ4n) is 1.95. The zero-order chi connectivity index (χ0) is 12.3. The molecule has 4 heteroatoms. The van der Waals surface area contributed by atoms with Crippen molar-refractivity contribution >= 4 is 11.6 Å². The van der Waals surface area contributed by atoms with Crippen LogP contribution >= 0.6 is 0 Å². The lowest BCUT2D eigenvalue weighted by Crippen LogP contribution is -2.35. The molecule has 2 rings (SSSR count). The summed E-state index contributed by atoms with van der Waals surface area (Å²) in [6, 6.07) is 7.28. The normalized spacial score (nSPS) is 18.7. The van der Waals surface area contributed by atoms with Gasteiger partial charge in [-0.25, -0.2) is 0 Å². The molecule has 1 aromatic carbocycles. The topological polar surface area (TPSA) is 64.9 Å². The first-order chi connectivity index (χ1) is 8.20. The first-order valence-electron chi connectivity index (χ1n) is 5.75. The second-order valence-electron chi connectivity index (χ2n) is 4.28. The van der Waals surface area contributed by atoms with E-state index in [1.54, 1.807) is 12.1 Å². The lowest BCUT2D eigenvalue weighted by molar-refractivity contribution is -0.117. The third kappa shape index (κ3) is 2.63. The average molecular weight is 229 g/mol. The molecule has 1 fully saturated rings. The van der Waals surface area contributed by atoms with Gasteiger partial charge in [-0.1, -0.05) is 6.07 Å². The molecule has 0 spiro atoms. The summed E-state index contributed by atoms with van der Waals surface area (Å²) < 4.78 is 0. The average Bonchev–Trinajstić information content (AvgIpc) is 2.85. The molecule has 2 N–H and O–H groups in total. The van der Waals surface area contributed by atoms with E-state index < -0.39 is 0 Å². The number of carbonyl (C=O) groups excluding carboxylic acids is 1. The highest BCUT2D eigenvalue weighted by molar-refractivity contribution is 5.95. The summed E-state index contributed by atoms with van der Waals surface area (Å²) in [6.07, 6.45) is 1.91. The minimum Gasteiger partial charge on any atom is -0.324 e. The Kier molecular flexibility index (Phi) is 3.40. The first kappa shape index (κ1) is 11.6. The second kappa shape index (κ2) is 4.98. The number of anilines is 1. The highest BCUT2D eigenvalue weighted by Gasteiger charge is 2.22. The van der Waals surface area contributed by atoms with Gasteiger partial charge in [0.2, 0.25) is 5.91 Å². The van der Waals surface area contributed by atoms with E-state index in [0.717, 1.165) is 30.6 Å². The summed E-state index contributed by atoms with van der Waals surface area (Å²) in [5, 5.41) is 14.8. The van der Waals surface area contributed by atoms with Gasteiger partial charge in [0.05, 0.1) is 17.7 Å². The maximum Gasteiger partial charge on any atom is 0.241 e. The lowest BCUT2D eigenvalue weighted by Gasteiger charge is -2.13. The Morgan fingerprint density at radius 3 is 3.06 bits per heavy atom. The van der Waals surface area contributed by atoms with Crippen molar-refractivity contribution in [2.75, 3.05) is 11.9 Å². The summed E-state index contributed by atoms with van der Waals surface area (Å²) in [5.41, 5.74) is 2.25. The fourth-order valence-corrected chi connectivity index (χ4v) is 1.95. The fraction of sp³-hybridized carbons (Fsp3) is 0.385. The van der Waals surface area contributed by atoms with Crippen LogP contribution in [0.1, 0.15) is 24.0 Å². The van der Waals surface area contributed by atoms with E-state index in [1.807, 2.05) is 13.0 Å². The third-order valence-electron chi connectivity index (χ3n) is 3.00. The molecule has 0 saturated carbocycles. The molecule has 1 atom stereocenters. The van der Waals surface area contributed by atoms with Crippen molar-refractivity contribution in [3.8, 4) is 6.07 Å².